The lowest BCUT2D eigenvalue weighted by molar-refractivity contribution is -0.376. The number of hydrogen-bond donors (Lipinski definition) is 3. The second-order valence-electron chi connectivity index (χ2n) is 9.05. The number of esters is 1. The van der Waals surface area contributed by atoms with Crippen LogP contribution in [-0.4, -0.2) is 60.4 Å². The highest BCUT2D eigenvalue weighted by Crippen LogP contribution is 2.49. The van der Waals surface area contributed by atoms with E-state index in [1.54, 1.807) is 24.3 Å². The normalized spacial score (nSPS) is 13.4. The molecule has 0 fully saturated rings. The molecule has 1 unspecified atom stereocenters. The number of aliphatic hydroxyl groups is 2. The number of alkyl halides is 6. The molecule has 0 saturated carbocycles. The summed E-state index contributed by atoms with van der Waals surface area (Å²) in [5.74, 6) is -0.00983. The van der Waals surface area contributed by atoms with E-state index < -0.39 is 35.6 Å². The summed E-state index contributed by atoms with van der Waals surface area (Å²) in [6.45, 7) is 4.55. The lowest BCUT2D eigenvalue weighted by Gasteiger charge is -2.32. The molecule has 0 aliphatic rings. The maximum atomic E-state index is 13.0. The largest absolute Gasteiger partial charge is 0.491 e. The fraction of sp³-hybridized carbons (Fsp3) is 0.500. The van der Waals surface area contributed by atoms with Crippen LogP contribution in [0.3, 0.4) is 0 Å². The van der Waals surface area contributed by atoms with Gasteiger partial charge in [0.2, 0.25) is 0 Å². The zero-order chi connectivity index (χ0) is 28.6. The molecule has 2 aromatic carbocycles. The highest BCUT2D eigenvalue weighted by atomic mass is 19.4. The van der Waals surface area contributed by atoms with Crippen molar-refractivity contribution in [2.75, 3.05) is 19.8 Å². The van der Waals surface area contributed by atoms with E-state index in [1.807, 2.05) is 13.8 Å². The fourth-order valence-electron chi connectivity index (χ4n) is 3.38. The van der Waals surface area contributed by atoms with Crippen molar-refractivity contribution >= 4 is 5.97 Å². The minimum atomic E-state index is -5.96. The summed E-state index contributed by atoms with van der Waals surface area (Å²) in [4.78, 5) is 12.0. The second kappa shape index (κ2) is 13.3. The van der Waals surface area contributed by atoms with Crippen molar-refractivity contribution in [3.63, 3.8) is 0 Å². The molecule has 3 N–H and O–H groups in total. The number of halogens is 6. The number of ether oxygens (including phenoxy) is 2. The third-order valence-electron chi connectivity index (χ3n) is 5.59. The Morgan fingerprint density at radius 2 is 1.42 bits per heavy atom. The van der Waals surface area contributed by atoms with Crippen molar-refractivity contribution in [2.45, 2.75) is 63.2 Å². The van der Waals surface area contributed by atoms with Crippen LogP contribution in [0.2, 0.25) is 0 Å². The molecule has 0 saturated heterocycles. The van der Waals surface area contributed by atoms with Crippen LogP contribution in [0.25, 0.3) is 0 Å². The zero-order valence-electron chi connectivity index (χ0n) is 20.9. The van der Waals surface area contributed by atoms with Gasteiger partial charge in [0.15, 0.2) is 0 Å². The Morgan fingerprint density at radius 3 is 1.95 bits per heavy atom. The van der Waals surface area contributed by atoms with E-state index in [4.69, 9.17) is 9.47 Å². The topological polar surface area (TPSA) is 88.0 Å². The first-order valence-corrected chi connectivity index (χ1v) is 11.9. The van der Waals surface area contributed by atoms with E-state index >= 15 is 0 Å². The van der Waals surface area contributed by atoms with Crippen LogP contribution in [0.15, 0.2) is 48.5 Å². The van der Waals surface area contributed by atoms with Gasteiger partial charge in [0.1, 0.15) is 18.5 Å². The summed E-state index contributed by atoms with van der Waals surface area (Å²) in [6, 6.07) is 10.3. The average Bonchev–Trinajstić information content (AvgIpc) is 2.84. The predicted molar refractivity (Wildman–Crippen MR) is 127 cm³/mol. The Kier molecular flexibility index (Phi) is 11.0. The third kappa shape index (κ3) is 8.88. The molecule has 0 aliphatic carbocycles. The zero-order valence-corrected chi connectivity index (χ0v) is 20.9. The fourth-order valence-corrected chi connectivity index (χ4v) is 3.38. The molecule has 2 aromatic rings. The van der Waals surface area contributed by atoms with Gasteiger partial charge in [-0.2, -0.15) is 26.3 Å². The average molecular weight is 552 g/mol. The van der Waals surface area contributed by atoms with Gasteiger partial charge in [-0.05, 0) is 29.7 Å². The molecule has 0 bridgehead atoms. The molecular weight excluding hydrogens is 520 g/mol. The number of nitrogens with one attached hydrogen (secondary N) is 1. The van der Waals surface area contributed by atoms with Gasteiger partial charge in [0, 0.05) is 31.0 Å². The lowest BCUT2D eigenvalue weighted by atomic mass is 9.91. The first-order chi connectivity index (χ1) is 17.6. The Bertz CT molecular complexity index is 993. The third-order valence-corrected chi connectivity index (χ3v) is 5.59. The number of rotatable bonds is 13. The number of carbonyl (C=O) groups excluding carboxylic acids is 1. The molecule has 1 atom stereocenters. The molecule has 6 nitrogen and oxygen atoms in total. The minimum absolute atomic E-state index is 0.0279. The quantitative estimate of drug-likeness (QED) is 0.252. The second-order valence-corrected chi connectivity index (χ2v) is 9.05. The van der Waals surface area contributed by atoms with Crippen molar-refractivity contribution < 1.29 is 50.8 Å². The summed E-state index contributed by atoms with van der Waals surface area (Å²) in [5, 5.41) is 22.4. The van der Waals surface area contributed by atoms with E-state index in [9.17, 15) is 41.4 Å². The van der Waals surface area contributed by atoms with Gasteiger partial charge in [-0.25, -0.2) is 0 Å². The van der Waals surface area contributed by atoms with Crippen LogP contribution in [0.4, 0.5) is 26.3 Å². The smallest absolute Gasteiger partial charge is 0.430 e. The van der Waals surface area contributed by atoms with Crippen LogP contribution in [0.5, 0.6) is 5.75 Å². The number of benzene rings is 2. The Hall–Kier alpha value is -2.83. The van der Waals surface area contributed by atoms with Gasteiger partial charge >= 0.3 is 18.3 Å². The maximum Gasteiger partial charge on any atom is 0.430 e. The van der Waals surface area contributed by atoms with E-state index in [0.717, 1.165) is 17.7 Å². The van der Waals surface area contributed by atoms with Gasteiger partial charge in [0.05, 0.1) is 6.61 Å². The van der Waals surface area contributed by atoms with E-state index in [2.05, 4.69) is 5.32 Å². The molecular formula is C26H31F6NO5. The minimum Gasteiger partial charge on any atom is -0.491 e. The molecule has 38 heavy (non-hydrogen) atoms. The van der Waals surface area contributed by atoms with Crippen LogP contribution in [-0.2, 0) is 28.0 Å². The molecule has 0 aromatic heterocycles. The van der Waals surface area contributed by atoms with Crippen LogP contribution < -0.4 is 10.1 Å². The summed E-state index contributed by atoms with van der Waals surface area (Å²) >= 11 is 0. The van der Waals surface area contributed by atoms with Gasteiger partial charge in [-0.3, -0.25) is 4.79 Å². The number of aryl methyl sites for hydroxylation is 1. The van der Waals surface area contributed by atoms with E-state index in [-0.39, 0.29) is 32.1 Å². The van der Waals surface area contributed by atoms with E-state index in [0.29, 0.717) is 36.4 Å². The van der Waals surface area contributed by atoms with Crippen LogP contribution in [0, 0.1) is 0 Å². The first-order valence-electron chi connectivity index (χ1n) is 11.9. The molecule has 0 aliphatic heterocycles. The van der Waals surface area contributed by atoms with Crippen LogP contribution >= 0.6 is 0 Å². The Labute approximate surface area is 216 Å². The number of hydrogen-bond acceptors (Lipinski definition) is 6. The summed E-state index contributed by atoms with van der Waals surface area (Å²) in [7, 11) is 0. The maximum absolute atomic E-state index is 13.0. The van der Waals surface area contributed by atoms with E-state index in [1.165, 1.54) is 0 Å². The van der Waals surface area contributed by atoms with Crippen molar-refractivity contribution in [2.24, 2.45) is 0 Å². The van der Waals surface area contributed by atoms with Crippen molar-refractivity contribution in [3.8, 4) is 5.75 Å². The van der Waals surface area contributed by atoms with Crippen molar-refractivity contribution in [3.05, 3.63) is 65.2 Å². The summed E-state index contributed by atoms with van der Waals surface area (Å²) in [6.07, 6.45) is -12.3. The summed E-state index contributed by atoms with van der Waals surface area (Å²) in [5.41, 5.74) is -5.18. The number of carbonyl (C=O) groups is 1. The highest BCUT2D eigenvalue weighted by molar-refractivity contribution is 5.69. The monoisotopic (exact) mass is 551 g/mol. The van der Waals surface area contributed by atoms with Gasteiger partial charge in [0.25, 0.3) is 5.60 Å². The molecule has 0 heterocycles. The molecule has 2 rings (SSSR count). The standard InChI is InChI=1S/C26H31F6NO5/c1-17(2)33-15-21(34)16-38-22-10-5-19(6-11-22)13-14-37-23(35)12-7-18-3-8-20(9-4-18)24(36,25(27,28)29)26(30,31)32/h3-6,8-11,17,21,33-34,36H,7,12-16H2,1-2H3. The van der Waals surface area contributed by atoms with Crippen molar-refractivity contribution in [1.29, 1.82) is 0 Å². The summed E-state index contributed by atoms with van der Waals surface area (Å²) < 4.78 is 88.5. The van der Waals surface area contributed by atoms with Crippen LogP contribution in [0.1, 0.15) is 37.0 Å². The first kappa shape index (κ1) is 31.4. The predicted octanol–water partition coefficient (Wildman–Crippen LogP) is 4.46. The van der Waals surface area contributed by atoms with Gasteiger partial charge < -0.3 is 25.0 Å². The number of aliphatic hydroxyl groups excluding tert-OH is 1. The van der Waals surface area contributed by atoms with Gasteiger partial charge in [-0.15, -0.1) is 0 Å². The van der Waals surface area contributed by atoms with Gasteiger partial charge in [-0.1, -0.05) is 50.2 Å². The van der Waals surface area contributed by atoms with Crippen molar-refractivity contribution in [1.82, 2.24) is 5.32 Å². The SMILES string of the molecule is CC(C)NCC(O)COc1ccc(CCOC(=O)CCc2ccc(C(O)(C(F)(F)F)C(F)(F)F)cc2)cc1. The Morgan fingerprint density at radius 1 is 0.895 bits per heavy atom. The molecule has 212 valence electrons. The molecule has 12 heteroatoms. The molecule has 0 spiro atoms. The highest BCUT2D eigenvalue weighted by Gasteiger charge is 2.71. The molecule has 0 amide bonds. The molecule has 0 radical (unpaired) electrons. The Balaban J connectivity index is 1.77. The lowest BCUT2D eigenvalue weighted by Crippen LogP contribution is -2.53.